The standard InChI is InChI=1S/C35H47ClN2O4S.C8H16N2/c1-5-10-24-19-28(36)14-15-30(24)27-22-38-21-26-12-16-31(26)35(4,42-7-3)18-9-8-11-29(6-2)43(40)37-34(39)25-13-17-33(41-23-27)32(38)20-25;1-2-5-10-6-4-9-7-8(10)3-1/h9,13-15,17-20,26-27,29,31H,5-8,10-12,16,21-23H2,1-4H3,(H,37,39);8-9H,1-7H2/b18-9+;/t26?,27?,29?,31?,35-,43?;/m0./s1. The Kier molecular flexibility index (Phi) is 14.4. The van der Waals surface area contributed by atoms with Gasteiger partial charge in [-0.15, -0.1) is 0 Å². The molecule has 7 atom stereocenters. The number of amides is 1. The van der Waals surface area contributed by atoms with Crippen molar-refractivity contribution in [3.63, 3.8) is 0 Å². The molecule has 7 rings (SSSR count). The molecule has 0 radical (unpaired) electrons. The predicted molar refractivity (Wildman–Crippen MR) is 219 cm³/mol. The maximum absolute atomic E-state index is 13.4. The van der Waals surface area contributed by atoms with Gasteiger partial charge in [0.15, 0.2) is 0 Å². The molecule has 2 aromatic carbocycles. The number of piperidine rings is 1. The van der Waals surface area contributed by atoms with Crippen LogP contribution in [0.15, 0.2) is 48.6 Å². The number of rotatable bonds is 6. The first-order chi connectivity index (χ1) is 25.7. The minimum atomic E-state index is -1.48. The highest BCUT2D eigenvalue weighted by molar-refractivity contribution is 7.84. The van der Waals surface area contributed by atoms with E-state index in [4.69, 9.17) is 21.1 Å². The first-order valence-corrected chi connectivity index (χ1v) is 22.1. The van der Waals surface area contributed by atoms with Crippen molar-refractivity contribution in [1.82, 2.24) is 14.9 Å². The molecule has 2 N–H and O–H groups in total. The normalized spacial score (nSPS) is 31.3. The topological polar surface area (TPSA) is 83.1 Å². The molecule has 5 aliphatic rings. The number of halogens is 1. The lowest BCUT2D eigenvalue weighted by atomic mass is 9.64. The van der Waals surface area contributed by atoms with Crippen LogP contribution in [0.25, 0.3) is 0 Å². The summed E-state index contributed by atoms with van der Waals surface area (Å²) in [6.07, 6.45) is 15.3. The molecular weight excluding hydrogens is 704 g/mol. The van der Waals surface area contributed by atoms with Crippen LogP contribution in [-0.4, -0.2) is 84.4 Å². The highest BCUT2D eigenvalue weighted by Gasteiger charge is 2.45. The maximum atomic E-state index is 13.4. The van der Waals surface area contributed by atoms with Crippen LogP contribution in [0, 0.1) is 11.8 Å². The van der Waals surface area contributed by atoms with E-state index in [-0.39, 0.29) is 22.7 Å². The first-order valence-electron chi connectivity index (χ1n) is 20.5. The van der Waals surface area contributed by atoms with Crippen LogP contribution in [0.2, 0.25) is 5.02 Å². The zero-order valence-electron chi connectivity index (χ0n) is 32.5. The minimum Gasteiger partial charge on any atom is -0.491 e. The first kappa shape index (κ1) is 40.2. The van der Waals surface area contributed by atoms with Crippen molar-refractivity contribution >= 4 is 34.2 Å². The Labute approximate surface area is 326 Å². The SMILES string of the molecule is C1CCN2CCNCC2C1.CCCc1cc(Cl)ccc1C1COc2ccc3cc2N(C1)CC1CCC1[C@@](C)(OCC)/C=C/CCC(CC)S(=O)NC3=O. The van der Waals surface area contributed by atoms with Crippen molar-refractivity contribution in [2.24, 2.45) is 11.8 Å². The summed E-state index contributed by atoms with van der Waals surface area (Å²) in [5, 5.41) is 4.08. The van der Waals surface area contributed by atoms with Gasteiger partial charge in [-0.05, 0) is 125 Å². The Bertz CT molecular complexity index is 1560. The summed E-state index contributed by atoms with van der Waals surface area (Å²) in [5.74, 6) is 1.44. The van der Waals surface area contributed by atoms with Crippen molar-refractivity contribution in [1.29, 1.82) is 0 Å². The van der Waals surface area contributed by atoms with Gasteiger partial charge in [0.2, 0.25) is 0 Å². The summed E-state index contributed by atoms with van der Waals surface area (Å²) in [7, 11) is -1.48. The van der Waals surface area contributed by atoms with Gasteiger partial charge >= 0.3 is 0 Å². The molecule has 4 heterocycles. The molecule has 10 heteroatoms. The van der Waals surface area contributed by atoms with Crippen LogP contribution in [0.3, 0.4) is 0 Å². The number of piperazine rings is 1. The number of nitrogens with zero attached hydrogens (tertiary/aromatic N) is 2. The average Bonchev–Trinajstić information content (AvgIpc) is 3.32. The number of carbonyl (C=O) groups is 1. The van der Waals surface area contributed by atoms with Gasteiger partial charge in [0, 0.05) is 61.9 Å². The third-order valence-corrected chi connectivity index (χ3v) is 14.1. The van der Waals surface area contributed by atoms with Crippen LogP contribution >= 0.6 is 11.6 Å². The van der Waals surface area contributed by atoms with E-state index in [0.29, 0.717) is 30.6 Å². The molecule has 53 heavy (non-hydrogen) atoms. The molecule has 1 aliphatic carbocycles. The minimum absolute atomic E-state index is 0.116. The van der Waals surface area contributed by atoms with Gasteiger partial charge in [0.25, 0.3) is 5.91 Å². The zero-order valence-corrected chi connectivity index (χ0v) is 34.1. The second-order valence-electron chi connectivity index (χ2n) is 15.9. The van der Waals surface area contributed by atoms with Gasteiger partial charge in [-0.3, -0.25) is 14.4 Å². The van der Waals surface area contributed by atoms with Crippen LogP contribution in [0.5, 0.6) is 5.75 Å². The lowest BCUT2D eigenvalue weighted by Gasteiger charge is -2.49. The molecule has 1 amide bonds. The van der Waals surface area contributed by atoms with Crippen molar-refractivity contribution in [2.45, 2.75) is 115 Å². The third-order valence-electron chi connectivity index (χ3n) is 12.3. The van der Waals surface area contributed by atoms with Crippen molar-refractivity contribution in [3.05, 3.63) is 70.3 Å². The Morgan fingerprint density at radius 2 is 1.91 bits per heavy atom. The number of ether oxygens (including phenoxy) is 2. The van der Waals surface area contributed by atoms with E-state index in [1.165, 1.54) is 56.6 Å². The number of benzene rings is 2. The number of nitrogens with one attached hydrogen (secondary N) is 2. The van der Waals surface area contributed by atoms with Crippen molar-refractivity contribution in [3.8, 4) is 5.75 Å². The molecule has 0 spiro atoms. The summed E-state index contributed by atoms with van der Waals surface area (Å²) in [6, 6.07) is 12.7. The number of aryl methyl sites for hydroxylation is 1. The van der Waals surface area contributed by atoms with E-state index < -0.39 is 11.0 Å². The van der Waals surface area contributed by atoms with Crippen molar-refractivity contribution < 1.29 is 18.5 Å². The van der Waals surface area contributed by atoms with Gasteiger partial charge in [0.1, 0.15) is 16.7 Å². The molecule has 6 unspecified atom stereocenters. The van der Waals surface area contributed by atoms with E-state index in [9.17, 15) is 9.00 Å². The van der Waals surface area contributed by atoms with Gasteiger partial charge in [-0.25, -0.2) is 4.21 Å². The predicted octanol–water partition coefficient (Wildman–Crippen LogP) is 8.06. The number of hydrogen-bond acceptors (Lipinski definition) is 7. The molecule has 3 fully saturated rings. The summed E-state index contributed by atoms with van der Waals surface area (Å²) in [4.78, 5) is 18.4. The molecule has 2 aromatic rings. The van der Waals surface area contributed by atoms with Crippen LogP contribution < -0.4 is 19.7 Å². The van der Waals surface area contributed by atoms with Gasteiger partial charge < -0.3 is 19.7 Å². The number of carbonyl (C=O) groups excluding carboxylic acids is 1. The summed E-state index contributed by atoms with van der Waals surface area (Å²) < 4.78 is 29.0. The quantitative estimate of drug-likeness (QED) is 0.288. The molecule has 1 saturated carbocycles. The molecular formula is C43H63ClN4O4S. The average molecular weight is 768 g/mol. The summed E-state index contributed by atoms with van der Waals surface area (Å²) in [5.41, 5.74) is 3.61. The zero-order chi connectivity index (χ0) is 37.4. The Morgan fingerprint density at radius 1 is 1.04 bits per heavy atom. The fourth-order valence-electron chi connectivity index (χ4n) is 9.24. The van der Waals surface area contributed by atoms with E-state index >= 15 is 0 Å². The molecule has 2 saturated heterocycles. The molecule has 2 bridgehead atoms. The van der Waals surface area contributed by atoms with Gasteiger partial charge in [-0.1, -0.05) is 56.5 Å². The fraction of sp³-hybridized carbons (Fsp3) is 0.651. The molecule has 8 nitrogen and oxygen atoms in total. The second kappa shape index (κ2) is 18.9. The number of allylic oxidation sites excluding steroid dienone is 1. The molecule has 4 aliphatic heterocycles. The van der Waals surface area contributed by atoms with Gasteiger partial charge in [-0.2, -0.15) is 0 Å². The van der Waals surface area contributed by atoms with Gasteiger partial charge in [0.05, 0.1) is 23.1 Å². The maximum Gasteiger partial charge on any atom is 0.263 e. The second-order valence-corrected chi connectivity index (χ2v) is 17.8. The number of anilines is 1. The highest BCUT2D eigenvalue weighted by Crippen LogP contribution is 2.47. The van der Waals surface area contributed by atoms with E-state index in [0.717, 1.165) is 80.5 Å². The Morgan fingerprint density at radius 3 is 2.66 bits per heavy atom. The Balaban J connectivity index is 0.000000411. The van der Waals surface area contributed by atoms with Crippen LogP contribution in [-0.2, 0) is 22.1 Å². The lowest BCUT2D eigenvalue weighted by molar-refractivity contribution is -0.0817. The van der Waals surface area contributed by atoms with Crippen LogP contribution in [0.4, 0.5) is 5.69 Å². The van der Waals surface area contributed by atoms with E-state index in [1.54, 1.807) is 6.07 Å². The number of fused-ring (bicyclic) bond motifs is 3. The molecule has 292 valence electrons. The smallest absolute Gasteiger partial charge is 0.263 e. The van der Waals surface area contributed by atoms with E-state index in [2.05, 4.69) is 64.9 Å². The summed E-state index contributed by atoms with van der Waals surface area (Å²) >= 11 is 6.43. The Hall–Kier alpha value is -2.43. The van der Waals surface area contributed by atoms with Crippen molar-refractivity contribution in [2.75, 3.05) is 57.4 Å². The largest absolute Gasteiger partial charge is 0.491 e. The highest BCUT2D eigenvalue weighted by atomic mass is 35.5. The number of hydrogen-bond donors (Lipinski definition) is 2. The monoisotopic (exact) mass is 766 g/mol. The third kappa shape index (κ3) is 9.88. The molecule has 0 aromatic heterocycles. The van der Waals surface area contributed by atoms with E-state index in [1.807, 2.05) is 25.1 Å². The summed E-state index contributed by atoms with van der Waals surface area (Å²) in [6.45, 7) is 16.4. The fourth-order valence-corrected chi connectivity index (χ4v) is 10.6. The van der Waals surface area contributed by atoms with Crippen LogP contribution in [0.1, 0.15) is 113 Å². The lowest BCUT2D eigenvalue weighted by Crippen LogP contribution is -2.53.